The fourth-order valence-corrected chi connectivity index (χ4v) is 5.32. The molecular weight excluding hydrogens is 350 g/mol. The van der Waals surface area contributed by atoms with E-state index in [0.717, 1.165) is 64.4 Å². The Bertz CT molecular complexity index is 770. The summed E-state index contributed by atoms with van der Waals surface area (Å²) in [5, 5.41) is 5.13. The molecule has 2 aliphatic heterocycles. The van der Waals surface area contributed by atoms with Gasteiger partial charge < -0.3 is 9.47 Å². The van der Waals surface area contributed by atoms with Crippen LogP contribution < -0.4 is 0 Å². The highest BCUT2D eigenvalue weighted by Crippen LogP contribution is 2.45. The summed E-state index contributed by atoms with van der Waals surface area (Å²) in [4.78, 5) is 5.29. The van der Waals surface area contributed by atoms with Gasteiger partial charge in [0.2, 0.25) is 0 Å². The van der Waals surface area contributed by atoms with Crippen molar-refractivity contribution in [2.45, 2.75) is 68.7 Å². The third-order valence-electron chi connectivity index (χ3n) is 6.95. The zero-order valence-electron chi connectivity index (χ0n) is 16.7. The molecule has 1 aromatic carbocycles. The number of hydrogen-bond donors (Lipinski definition) is 0. The van der Waals surface area contributed by atoms with Gasteiger partial charge in [0.15, 0.2) is 5.82 Å². The highest BCUT2D eigenvalue weighted by molar-refractivity contribution is 5.34. The first kappa shape index (κ1) is 18.3. The van der Waals surface area contributed by atoms with E-state index in [9.17, 15) is 0 Å². The van der Waals surface area contributed by atoms with E-state index in [1.165, 1.54) is 30.7 Å². The van der Waals surface area contributed by atoms with Crippen LogP contribution in [-0.2, 0) is 14.9 Å². The lowest BCUT2D eigenvalue weighted by Crippen LogP contribution is -2.35. The highest BCUT2D eigenvalue weighted by atomic mass is 16.5. The molecule has 1 atom stereocenters. The second kappa shape index (κ2) is 7.96. The Morgan fingerprint density at radius 3 is 2.36 bits per heavy atom. The number of ether oxygens (including phenoxy) is 2. The van der Waals surface area contributed by atoms with Crippen molar-refractivity contribution in [1.29, 1.82) is 0 Å². The smallest absolute Gasteiger partial charge is 0.154 e. The minimum atomic E-state index is -0.0154. The molecule has 150 valence electrons. The van der Waals surface area contributed by atoms with Gasteiger partial charge in [-0.2, -0.15) is 5.10 Å². The van der Waals surface area contributed by atoms with Crippen molar-refractivity contribution in [2.75, 3.05) is 26.4 Å². The maximum atomic E-state index is 5.74. The van der Waals surface area contributed by atoms with E-state index in [1.54, 1.807) is 0 Å². The van der Waals surface area contributed by atoms with Gasteiger partial charge in [0.1, 0.15) is 5.82 Å². The van der Waals surface area contributed by atoms with Crippen LogP contribution in [0.4, 0.5) is 0 Å². The molecule has 3 fully saturated rings. The van der Waals surface area contributed by atoms with E-state index in [-0.39, 0.29) is 5.41 Å². The largest absolute Gasteiger partial charge is 0.381 e. The summed E-state index contributed by atoms with van der Waals surface area (Å²) in [7, 11) is 0. The molecule has 1 saturated carbocycles. The van der Waals surface area contributed by atoms with E-state index in [2.05, 4.69) is 35.0 Å². The summed E-state index contributed by atoms with van der Waals surface area (Å²) in [6.07, 6.45) is 9.26. The molecule has 3 aliphatic rings. The Labute approximate surface area is 167 Å². The summed E-state index contributed by atoms with van der Waals surface area (Å²) in [6.45, 7) is 3.24. The molecule has 5 nitrogen and oxygen atoms in total. The van der Waals surface area contributed by atoms with E-state index in [4.69, 9.17) is 19.6 Å². The Hall–Kier alpha value is -1.72. The van der Waals surface area contributed by atoms with Crippen LogP contribution in [-0.4, -0.2) is 41.2 Å². The first-order valence-corrected chi connectivity index (χ1v) is 11.0. The van der Waals surface area contributed by atoms with Gasteiger partial charge in [-0.3, -0.25) is 0 Å². The molecule has 1 aliphatic carbocycles. The number of aromatic nitrogens is 3. The zero-order valence-corrected chi connectivity index (χ0v) is 16.7. The second-order valence-corrected chi connectivity index (χ2v) is 8.65. The molecule has 0 N–H and O–H groups in total. The fourth-order valence-electron chi connectivity index (χ4n) is 5.32. The van der Waals surface area contributed by atoms with Crippen molar-refractivity contribution < 1.29 is 9.47 Å². The molecule has 1 aromatic heterocycles. The average molecular weight is 382 g/mol. The topological polar surface area (TPSA) is 49.2 Å². The van der Waals surface area contributed by atoms with Crippen LogP contribution in [0.25, 0.3) is 0 Å². The quantitative estimate of drug-likeness (QED) is 0.788. The maximum Gasteiger partial charge on any atom is 0.154 e. The molecule has 5 rings (SSSR count). The van der Waals surface area contributed by atoms with Gasteiger partial charge in [0.05, 0.1) is 18.1 Å². The summed E-state index contributed by atoms with van der Waals surface area (Å²) in [6, 6.07) is 11.4. The molecule has 0 amide bonds. The third-order valence-corrected chi connectivity index (χ3v) is 6.95. The van der Waals surface area contributed by atoms with E-state index in [0.29, 0.717) is 12.0 Å². The minimum absolute atomic E-state index is 0.0154. The van der Waals surface area contributed by atoms with E-state index in [1.807, 2.05) is 0 Å². The molecule has 1 unspecified atom stereocenters. The third kappa shape index (κ3) is 3.29. The molecule has 0 spiro atoms. The minimum Gasteiger partial charge on any atom is -0.381 e. The summed E-state index contributed by atoms with van der Waals surface area (Å²) >= 11 is 0. The van der Waals surface area contributed by atoms with Crippen molar-refractivity contribution in [3.63, 3.8) is 0 Å². The molecule has 2 aromatic rings. The van der Waals surface area contributed by atoms with Gasteiger partial charge in [-0.1, -0.05) is 49.6 Å². The summed E-state index contributed by atoms with van der Waals surface area (Å²) < 4.78 is 13.6. The molecule has 3 heterocycles. The molecule has 5 heteroatoms. The van der Waals surface area contributed by atoms with Crippen LogP contribution in [0.2, 0.25) is 0 Å². The van der Waals surface area contributed by atoms with E-state index >= 15 is 0 Å². The highest BCUT2D eigenvalue weighted by Gasteiger charge is 2.42. The van der Waals surface area contributed by atoms with Crippen LogP contribution in [0.15, 0.2) is 30.3 Å². The summed E-state index contributed by atoms with van der Waals surface area (Å²) in [5.41, 5.74) is 1.39. The molecule has 0 bridgehead atoms. The van der Waals surface area contributed by atoms with Gasteiger partial charge in [-0.15, -0.1) is 0 Å². The lowest BCUT2D eigenvalue weighted by molar-refractivity contribution is 0.0834. The maximum absolute atomic E-state index is 5.74. The number of nitrogens with zero attached hydrogens (tertiary/aromatic N) is 3. The van der Waals surface area contributed by atoms with Crippen molar-refractivity contribution in [1.82, 2.24) is 14.8 Å². The van der Waals surface area contributed by atoms with Gasteiger partial charge in [0, 0.05) is 25.7 Å². The van der Waals surface area contributed by atoms with Crippen molar-refractivity contribution in [3.05, 3.63) is 47.5 Å². The van der Waals surface area contributed by atoms with Gasteiger partial charge in [-0.05, 0) is 37.7 Å². The zero-order chi connectivity index (χ0) is 18.8. The normalized spacial score (nSPS) is 25.8. The standard InChI is InChI=1S/C23H31N3O2/c1-3-7-19(8-4-1)23(12-5-2-6-13-23)22-24-21(18-9-14-27-15-10-18)25-26(22)20-11-16-28-17-20/h1,3-4,7-8,18,20H,2,5-6,9-17H2. The lowest BCUT2D eigenvalue weighted by atomic mass is 9.68. The first-order valence-electron chi connectivity index (χ1n) is 11.0. The van der Waals surface area contributed by atoms with E-state index < -0.39 is 0 Å². The number of benzene rings is 1. The SMILES string of the molecule is c1ccc(C2(c3nc(C4CCOCC4)nn3C3CCOC3)CCCCC2)cc1. The molecular formula is C23H31N3O2. The average Bonchev–Trinajstić information content (AvgIpc) is 3.46. The summed E-state index contributed by atoms with van der Waals surface area (Å²) in [5.74, 6) is 2.65. The Balaban J connectivity index is 1.61. The molecule has 2 saturated heterocycles. The van der Waals surface area contributed by atoms with Crippen molar-refractivity contribution >= 4 is 0 Å². The predicted octanol–water partition coefficient (Wildman–Crippen LogP) is 4.38. The van der Waals surface area contributed by atoms with Gasteiger partial charge in [0.25, 0.3) is 0 Å². The van der Waals surface area contributed by atoms with Gasteiger partial charge in [-0.25, -0.2) is 9.67 Å². The lowest BCUT2D eigenvalue weighted by Gasteiger charge is -2.37. The van der Waals surface area contributed by atoms with Crippen LogP contribution in [0.1, 0.15) is 80.5 Å². The Morgan fingerprint density at radius 2 is 1.64 bits per heavy atom. The first-order chi connectivity index (χ1) is 13.9. The van der Waals surface area contributed by atoms with Crippen LogP contribution >= 0.6 is 0 Å². The molecule has 0 radical (unpaired) electrons. The van der Waals surface area contributed by atoms with Crippen LogP contribution in [0, 0.1) is 0 Å². The van der Waals surface area contributed by atoms with Crippen LogP contribution in [0.3, 0.4) is 0 Å². The van der Waals surface area contributed by atoms with Gasteiger partial charge >= 0.3 is 0 Å². The monoisotopic (exact) mass is 381 g/mol. The Morgan fingerprint density at radius 1 is 0.893 bits per heavy atom. The second-order valence-electron chi connectivity index (χ2n) is 8.65. The van der Waals surface area contributed by atoms with Crippen molar-refractivity contribution in [3.8, 4) is 0 Å². The van der Waals surface area contributed by atoms with Crippen LogP contribution in [0.5, 0.6) is 0 Å². The van der Waals surface area contributed by atoms with Crippen molar-refractivity contribution in [2.24, 2.45) is 0 Å². The number of hydrogen-bond acceptors (Lipinski definition) is 4. The Kier molecular flexibility index (Phi) is 5.20. The number of rotatable bonds is 4. The molecule has 28 heavy (non-hydrogen) atoms. The fraction of sp³-hybridized carbons (Fsp3) is 0.652. The predicted molar refractivity (Wildman–Crippen MR) is 108 cm³/mol.